The summed E-state index contributed by atoms with van der Waals surface area (Å²) in [6.07, 6.45) is 0. The Kier molecular flexibility index (Phi) is 2.57. The van der Waals surface area contributed by atoms with E-state index < -0.39 is 5.54 Å². The number of ether oxygens (including phenoxy) is 1. The van der Waals surface area contributed by atoms with Gasteiger partial charge in [0.05, 0.1) is 7.11 Å². The molecule has 2 N–H and O–H groups in total. The van der Waals surface area contributed by atoms with Gasteiger partial charge in [0.15, 0.2) is 0 Å². The first kappa shape index (κ1) is 9.99. The Morgan fingerprint density at radius 2 is 2.00 bits per heavy atom. The zero-order valence-electron chi connectivity index (χ0n) is 8.10. The predicted molar refractivity (Wildman–Crippen MR) is 50.2 cm³/mol. The van der Waals surface area contributed by atoms with Crippen molar-refractivity contribution in [1.29, 1.82) is 0 Å². The second kappa shape index (κ2) is 3.34. The van der Waals surface area contributed by atoms with Gasteiger partial charge in [-0.25, -0.2) is 4.39 Å². The van der Waals surface area contributed by atoms with Gasteiger partial charge in [0, 0.05) is 17.2 Å². The molecule has 0 aromatic heterocycles. The third-order valence-corrected chi connectivity index (χ3v) is 1.87. The van der Waals surface area contributed by atoms with Gasteiger partial charge in [-0.2, -0.15) is 0 Å². The van der Waals surface area contributed by atoms with Crippen LogP contribution >= 0.6 is 0 Å². The lowest BCUT2D eigenvalue weighted by molar-refractivity contribution is 0.408. The predicted octanol–water partition coefficient (Wildman–Crippen LogP) is 2.03. The van der Waals surface area contributed by atoms with Crippen LogP contribution in [0.15, 0.2) is 18.2 Å². The first-order valence-corrected chi connectivity index (χ1v) is 4.08. The van der Waals surface area contributed by atoms with Crippen LogP contribution in [0.3, 0.4) is 0 Å². The average Bonchev–Trinajstić information content (AvgIpc) is 2.01. The Morgan fingerprint density at radius 1 is 1.38 bits per heavy atom. The van der Waals surface area contributed by atoms with E-state index in [0.29, 0.717) is 11.3 Å². The van der Waals surface area contributed by atoms with E-state index in [1.807, 2.05) is 0 Å². The van der Waals surface area contributed by atoms with Crippen molar-refractivity contribution in [3.8, 4) is 5.75 Å². The lowest BCUT2D eigenvalue weighted by Gasteiger charge is -2.19. The van der Waals surface area contributed by atoms with Crippen molar-refractivity contribution in [2.24, 2.45) is 5.73 Å². The fraction of sp³-hybridized carbons (Fsp3) is 0.400. The molecule has 0 radical (unpaired) electrons. The van der Waals surface area contributed by atoms with Gasteiger partial charge in [-0.05, 0) is 19.9 Å². The minimum atomic E-state index is -0.656. The molecule has 0 aliphatic carbocycles. The summed E-state index contributed by atoms with van der Waals surface area (Å²) < 4.78 is 18.3. The zero-order chi connectivity index (χ0) is 10.1. The van der Waals surface area contributed by atoms with Crippen LogP contribution in [0.2, 0.25) is 0 Å². The van der Waals surface area contributed by atoms with Gasteiger partial charge in [-0.1, -0.05) is 6.07 Å². The van der Waals surface area contributed by atoms with Gasteiger partial charge in [-0.15, -0.1) is 0 Å². The van der Waals surface area contributed by atoms with E-state index in [-0.39, 0.29) is 5.82 Å². The van der Waals surface area contributed by atoms with Crippen LogP contribution in [0.4, 0.5) is 4.39 Å². The molecule has 0 atom stereocenters. The lowest BCUT2D eigenvalue weighted by atomic mass is 9.95. The molecule has 0 aliphatic rings. The molecule has 3 heteroatoms. The quantitative estimate of drug-likeness (QED) is 0.761. The Morgan fingerprint density at radius 3 is 2.38 bits per heavy atom. The van der Waals surface area contributed by atoms with Crippen LogP contribution in [-0.2, 0) is 5.54 Å². The maximum Gasteiger partial charge on any atom is 0.131 e. The number of halogens is 1. The van der Waals surface area contributed by atoms with Gasteiger partial charge in [-0.3, -0.25) is 0 Å². The highest BCUT2D eigenvalue weighted by Crippen LogP contribution is 2.23. The number of hydrogen-bond donors (Lipinski definition) is 1. The molecule has 1 aromatic rings. The van der Waals surface area contributed by atoms with Crippen LogP contribution in [0, 0.1) is 5.82 Å². The number of methoxy groups -OCH3 is 1. The number of rotatable bonds is 2. The molecule has 1 rings (SSSR count). The summed E-state index contributed by atoms with van der Waals surface area (Å²) >= 11 is 0. The Hall–Kier alpha value is -1.09. The Balaban J connectivity index is 3.13. The molecule has 1 aromatic carbocycles. The summed E-state index contributed by atoms with van der Waals surface area (Å²) in [5.41, 5.74) is 5.61. The average molecular weight is 183 g/mol. The molecule has 0 spiro atoms. The van der Waals surface area contributed by atoms with Crippen LogP contribution in [0.25, 0.3) is 0 Å². The maximum absolute atomic E-state index is 13.4. The lowest BCUT2D eigenvalue weighted by Crippen LogP contribution is -2.29. The molecular weight excluding hydrogens is 169 g/mol. The molecule has 0 saturated carbocycles. The van der Waals surface area contributed by atoms with E-state index in [2.05, 4.69) is 0 Å². The summed E-state index contributed by atoms with van der Waals surface area (Å²) in [5, 5.41) is 0. The molecule has 0 heterocycles. The molecular formula is C10H14FNO. The number of benzene rings is 1. The number of nitrogens with two attached hydrogens (primary N) is 1. The van der Waals surface area contributed by atoms with E-state index >= 15 is 0 Å². The number of hydrogen-bond acceptors (Lipinski definition) is 2. The minimum absolute atomic E-state index is 0.327. The van der Waals surface area contributed by atoms with Crippen molar-refractivity contribution in [3.05, 3.63) is 29.6 Å². The highest BCUT2D eigenvalue weighted by molar-refractivity contribution is 5.32. The third-order valence-electron chi connectivity index (χ3n) is 1.87. The van der Waals surface area contributed by atoms with Crippen LogP contribution < -0.4 is 10.5 Å². The molecule has 13 heavy (non-hydrogen) atoms. The Labute approximate surface area is 77.5 Å². The van der Waals surface area contributed by atoms with Crippen molar-refractivity contribution >= 4 is 0 Å². The van der Waals surface area contributed by atoms with E-state index in [4.69, 9.17) is 10.5 Å². The van der Waals surface area contributed by atoms with Gasteiger partial charge in [0.1, 0.15) is 11.6 Å². The summed E-state index contributed by atoms with van der Waals surface area (Å²) in [5.74, 6) is 0.178. The SMILES string of the molecule is COc1ccc(C(C)(C)N)c(F)c1. The zero-order valence-corrected chi connectivity index (χ0v) is 8.10. The van der Waals surface area contributed by atoms with Gasteiger partial charge in [0.25, 0.3) is 0 Å². The summed E-state index contributed by atoms with van der Waals surface area (Å²) in [7, 11) is 1.50. The normalized spacial score (nSPS) is 11.5. The molecule has 0 aliphatic heterocycles. The van der Waals surface area contributed by atoms with Crippen molar-refractivity contribution in [2.45, 2.75) is 19.4 Å². The second-order valence-corrected chi connectivity index (χ2v) is 3.57. The van der Waals surface area contributed by atoms with E-state index in [1.165, 1.54) is 13.2 Å². The molecule has 72 valence electrons. The Bertz CT molecular complexity index is 304. The van der Waals surface area contributed by atoms with Crippen LogP contribution in [-0.4, -0.2) is 7.11 Å². The summed E-state index contributed by atoms with van der Waals surface area (Å²) in [6.45, 7) is 3.52. The third kappa shape index (κ3) is 2.18. The van der Waals surface area contributed by atoms with Crippen molar-refractivity contribution in [3.63, 3.8) is 0 Å². The van der Waals surface area contributed by atoms with Crippen molar-refractivity contribution < 1.29 is 9.13 Å². The fourth-order valence-corrected chi connectivity index (χ4v) is 1.15. The smallest absolute Gasteiger partial charge is 0.131 e. The van der Waals surface area contributed by atoms with Gasteiger partial charge < -0.3 is 10.5 Å². The molecule has 0 saturated heterocycles. The minimum Gasteiger partial charge on any atom is -0.497 e. The molecule has 2 nitrogen and oxygen atoms in total. The van der Waals surface area contributed by atoms with E-state index in [0.717, 1.165) is 0 Å². The monoisotopic (exact) mass is 183 g/mol. The summed E-state index contributed by atoms with van der Waals surface area (Å²) in [4.78, 5) is 0. The van der Waals surface area contributed by atoms with Gasteiger partial charge >= 0.3 is 0 Å². The maximum atomic E-state index is 13.4. The van der Waals surface area contributed by atoms with Gasteiger partial charge in [0.2, 0.25) is 0 Å². The second-order valence-electron chi connectivity index (χ2n) is 3.57. The van der Waals surface area contributed by atoms with Crippen LogP contribution in [0.5, 0.6) is 5.75 Å². The van der Waals surface area contributed by atoms with E-state index in [9.17, 15) is 4.39 Å². The molecule has 0 unspecified atom stereocenters. The van der Waals surface area contributed by atoms with E-state index in [1.54, 1.807) is 26.0 Å². The van der Waals surface area contributed by atoms with Crippen LogP contribution in [0.1, 0.15) is 19.4 Å². The molecule has 0 fully saturated rings. The molecule has 0 bridgehead atoms. The fourth-order valence-electron chi connectivity index (χ4n) is 1.15. The topological polar surface area (TPSA) is 35.2 Å². The molecule has 0 amide bonds. The van der Waals surface area contributed by atoms with Crippen molar-refractivity contribution in [2.75, 3.05) is 7.11 Å². The summed E-state index contributed by atoms with van der Waals surface area (Å²) in [6, 6.07) is 4.69. The largest absolute Gasteiger partial charge is 0.497 e. The standard InChI is InChI=1S/C10H14FNO/c1-10(2,12)8-5-4-7(13-3)6-9(8)11/h4-6H,12H2,1-3H3. The highest BCUT2D eigenvalue weighted by atomic mass is 19.1. The first-order chi connectivity index (χ1) is 5.95. The van der Waals surface area contributed by atoms with Crippen molar-refractivity contribution in [1.82, 2.24) is 0 Å². The highest BCUT2D eigenvalue weighted by Gasteiger charge is 2.18. The first-order valence-electron chi connectivity index (χ1n) is 4.08.